The van der Waals surface area contributed by atoms with Crippen molar-refractivity contribution < 1.29 is 9.15 Å². The molecular formula is C26H21N3O2. The van der Waals surface area contributed by atoms with Crippen LogP contribution in [-0.4, -0.2) is 12.1 Å². The predicted molar refractivity (Wildman–Crippen MR) is 124 cm³/mol. The van der Waals surface area contributed by atoms with Gasteiger partial charge in [-0.25, -0.2) is 4.98 Å². The van der Waals surface area contributed by atoms with Crippen LogP contribution in [0, 0.1) is 6.92 Å². The van der Waals surface area contributed by atoms with Gasteiger partial charge in [0.25, 0.3) is 0 Å². The average molecular weight is 407 g/mol. The van der Waals surface area contributed by atoms with Crippen molar-refractivity contribution in [3.8, 4) is 17.1 Å². The molecule has 5 heteroatoms. The lowest BCUT2D eigenvalue weighted by Crippen LogP contribution is -2.08. The van der Waals surface area contributed by atoms with Gasteiger partial charge in [-0.3, -0.25) is 5.43 Å². The van der Waals surface area contributed by atoms with Crippen molar-refractivity contribution in [3.63, 3.8) is 0 Å². The highest BCUT2D eigenvalue weighted by Crippen LogP contribution is 2.25. The van der Waals surface area contributed by atoms with Crippen molar-refractivity contribution in [2.45, 2.75) is 6.92 Å². The molecule has 5 nitrogen and oxygen atoms in total. The first-order valence-corrected chi connectivity index (χ1v) is 10.0. The molecule has 0 aliphatic rings. The van der Waals surface area contributed by atoms with Crippen LogP contribution in [0.1, 0.15) is 5.56 Å². The van der Waals surface area contributed by atoms with Crippen LogP contribution in [0.25, 0.3) is 33.2 Å². The molecule has 0 unspecified atom stereocenters. The van der Waals surface area contributed by atoms with E-state index in [1.165, 1.54) is 0 Å². The van der Waals surface area contributed by atoms with Gasteiger partial charge in [0.05, 0.1) is 18.0 Å². The molecule has 5 aromatic rings. The fourth-order valence-corrected chi connectivity index (χ4v) is 3.52. The first-order valence-electron chi connectivity index (χ1n) is 10.0. The number of fused-ring (bicyclic) bond motifs is 2. The van der Waals surface area contributed by atoms with Crippen molar-refractivity contribution in [2.24, 2.45) is 5.10 Å². The van der Waals surface area contributed by atoms with Gasteiger partial charge in [-0.15, -0.1) is 0 Å². The second kappa shape index (κ2) is 7.95. The summed E-state index contributed by atoms with van der Waals surface area (Å²) >= 11 is 0. The number of aryl methyl sites for hydroxylation is 1. The molecule has 2 aromatic heterocycles. The quantitative estimate of drug-likeness (QED) is 0.377. The molecule has 2 heterocycles. The molecule has 0 spiro atoms. The van der Waals surface area contributed by atoms with Crippen LogP contribution in [0.5, 0.6) is 5.75 Å². The zero-order valence-corrected chi connectivity index (χ0v) is 17.3. The van der Waals surface area contributed by atoms with E-state index in [0.29, 0.717) is 5.82 Å². The maximum atomic E-state index is 6.18. The van der Waals surface area contributed by atoms with Gasteiger partial charge in [-0.05, 0) is 61.5 Å². The van der Waals surface area contributed by atoms with Gasteiger partial charge in [0.1, 0.15) is 22.9 Å². The summed E-state index contributed by atoms with van der Waals surface area (Å²) in [6.07, 6.45) is 0. The van der Waals surface area contributed by atoms with Crippen LogP contribution in [0.4, 0.5) is 5.82 Å². The number of hydrogen-bond donors (Lipinski definition) is 1. The molecule has 0 atom stereocenters. The van der Waals surface area contributed by atoms with Gasteiger partial charge in [0.2, 0.25) is 0 Å². The van der Waals surface area contributed by atoms with Gasteiger partial charge in [-0.2, -0.15) is 5.10 Å². The summed E-state index contributed by atoms with van der Waals surface area (Å²) in [5.41, 5.74) is 6.89. The molecule has 0 amide bonds. The molecule has 0 aliphatic carbocycles. The summed E-state index contributed by atoms with van der Waals surface area (Å²) in [6.45, 7) is 2.05. The number of para-hydroxylation sites is 1. The number of rotatable bonds is 4. The third-order valence-corrected chi connectivity index (χ3v) is 5.16. The van der Waals surface area contributed by atoms with Crippen molar-refractivity contribution in [3.05, 3.63) is 95.8 Å². The van der Waals surface area contributed by atoms with Crippen molar-refractivity contribution in [1.82, 2.24) is 4.98 Å². The smallest absolute Gasteiger partial charge is 0.146 e. The van der Waals surface area contributed by atoms with Crippen LogP contribution >= 0.6 is 0 Å². The molecule has 1 N–H and O–H groups in total. The monoisotopic (exact) mass is 407 g/mol. The second-order valence-corrected chi connectivity index (χ2v) is 7.34. The number of aromatic nitrogens is 1. The molecule has 0 saturated heterocycles. The zero-order valence-electron chi connectivity index (χ0n) is 17.3. The molecule has 0 aliphatic heterocycles. The lowest BCUT2D eigenvalue weighted by molar-refractivity contribution is 0.415. The van der Waals surface area contributed by atoms with Crippen LogP contribution in [0.2, 0.25) is 0 Å². The maximum absolute atomic E-state index is 6.18. The second-order valence-electron chi connectivity index (χ2n) is 7.34. The van der Waals surface area contributed by atoms with Crippen LogP contribution in [0.15, 0.2) is 94.4 Å². The zero-order chi connectivity index (χ0) is 21.2. The highest BCUT2D eigenvalue weighted by molar-refractivity contribution is 5.81. The van der Waals surface area contributed by atoms with Gasteiger partial charge in [0.15, 0.2) is 0 Å². The van der Waals surface area contributed by atoms with E-state index in [4.69, 9.17) is 9.15 Å². The Morgan fingerprint density at radius 1 is 0.903 bits per heavy atom. The van der Waals surface area contributed by atoms with Crippen molar-refractivity contribution in [2.75, 3.05) is 12.5 Å². The number of hydrogen-bond acceptors (Lipinski definition) is 5. The highest BCUT2D eigenvalue weighted by Gasteiger charge is 2.07. The number of methoxy groups -OCH3 is 1. The Kier molecular flexibility index (Phi) is 4.84. The van der Waals surface area contributed by atoms with Crippen molar-refractivity contribution in [1.29, 1.82) is 0 Å². The molecule has 31 heavy (non-hydrogen) atoms. The minimum absolute atomic E-state index is 0.686. The number of benzene rings is 3. The first kappa shape index (κ1) is 18.9. The summed E-state index contributed by atoms with van der Waals surface area (Å²) < 4.78 is 11.4. The number of nitrogens with one attached hydrogen (secondary N) is 1. The third kappa shape index (κ3) is 3.85. The van der Waals surface area contributed by atoms with E-state index in [1.807, 2.05) is 78.9 Å². The lowest BCUT2D eigenvalue weighted by Gasteiger charge is -2.07. The first-order chi connectivity index (χ1) is 15.2. The van der Waals surface area contributed by atoms with Gasteiger partial charge in [0, 0.05) is 22.4 Å². The van der Waals surface area contributed by atoms with E-state index in [2.05, 4.69) is 28.5 Å². The highest BCUT2D eigenvalue weighted by atomic mass is 16.5. The molecule has 152 valence electrons. The Morgan fingerprint density at radius 3 is 2.58 bits per heavy atom. The summed E-state index contributed by atoms with van der Waals surface area (Å²) in [7, 11) is 1.65. The fraction of sp³-hybridized carbons (Fsp3) is 0.0769. The molecule has 0 radical (unpaired) electrons. The summed E-state index contributed by atoms with van der Waals surface area (Å²) in [4.78, 5) is 4.65. The Balaban J connectivity index is 1.61. The minimum atomic E-state index is 0.686. The normalized spacial score (nSPS) is 11.7. The molecule has 0 fully saturated rings. The van der Waals surface area contributed by atoms with E-state index < -0.39 is 0 Å². The predicted octanol–water partition coefficient (Wildman–Crippen LogP) is 5.89. The van der Waals surface area contributed by atoms with E-state index in [1.54, 1.807) is 7.11 Å². The van der Waals surface area contributed by atoms with Gasteiger partial charge < -0.3 is 9.15 Å². The number of nitrogens with zero attached hydrogens (tertiary/aromatic N) is 2. The van der Waals surface area contributed by atoms with Gasteiger partial charge in [-0.1, -0.05) is 29.8 Å². The summed E-state index contributed by atoms with van der Waals surface area (Å²) in [5.74, 6) is 2.21. The number of pyridine rings is 1. The Morgan fingerprint density at radius 2 is 1.74 bits per heavy atom. The van der Waals surface area contributed by atoms with Gasteiger partial charge >= 0.3 is 0 Å². The summed E-state index contributed by atoms with van der Waals surface area (Å²) in [6, 6.07) is 27.8. The maximum Gasteiger partial charge on any atom is 0.146 e. The Bertz CT molecular complexity index is 1450. The topological polar surface area (TPSA) is 59.6 Å². The van der Waals surface area contributed by atoms with Crippen molar-refractivity contribution >= 4 is 27.7 Å². The third-order valence-electron chi connectivity index (χ3n) is 5.16. The lowest BCUT2D eigenvalue weighted by atomic mass is 10.1. The number of anilines is 1. The molecule has 5 rings (SSSR count). The van der Waals surface area contributed by atoms with Crippen LogP contribution < -0.4 is 15.5 Å². The van der Waals surface area contributed by atoms with Crippen LogP contribution in [-0.2, 0) is 0 Å². The standard InChI is InChI=1S/C26H21N3O2/c1-17-7-13-24-21(15-17)23(16-25(31-24)19-8-11-20(30-2)12-9-19)28-29-26-14-10-18-5-3-4-6-22(18)27-26/h3-16H,1-2H3,(H,27,29)/b28-23+. The molecule has 0 bridgehead atoms. The van der Waals surface area contributed by atoms with Crippen LogP contribution in [0.3, 0.4) is 0 Å². The van der Waals surface area contributed by atoms with E-state index >= 15 is 0 Å². The Hall–Kier alpha value is -4.12. The largest absolute Gasteiger partial charge is 0.497 e. The van der Waals surface area contributed by atoms with E-state index in [9.17, 15) is 0 Å². The fourth-order valence-electron chi connectivity index (χ4n) is 3.52. The Labute approximate surface area is 179 Å². The number of ether oxygens (including phenoxy) is 1. The molecular weight excluding hydrogens is 386 g/mol. The molecule has 0 saturated carbocycles. The van der Waals surface area contributed by atoms with E-state index in [0.717, 1.165) is 49.9 Å². The SMILES string of the molecule is COc1ccc(-c2c/c(=N\Nc3ccc4ccccc4n3)c3cc(C)ccc3o2)cc1. The summed E-state index contributed by atoms with van der Waals surface area (Å²) in [5, 5.41) is 7.49. The average Bonchev–Trinajstić information content (AvgIpc) is 2.82. The minimum Gasteiger partial charge on any atom is -0.497 e. The van der Waals surface area contributed by atoms with E-state index in [-0.39, 0.29) is 0 Å². The molecule has 3 aromatic carbocycles.